The van der Waals surface area contributed by atoms with Crippen LogP contribution in [-0.4, -0.2) is 374 Å². The SMILES string of the molecule is [N-]=[N+]=Nc1cc(C(=O)N2CCC(C[C@H](NC(=O)NC(CCC(=O)O)C(=O)O)C(=O)O)CC2)cc(C(=O)N2CCC(C[C@@H](NC(=O)NC(CCC(=O)O)C(=O)O)C(=O)O)CC2)c1.[N-]=[N+]=Nc1ccc(C(=O)NC(CCC(=O)N2CCN(C(=O)NCCCC[C@H](NC(=O)N[C@@H](CCC(=O)O)C(=O)O)C(=O)O)CC2)CCC(=O)N2CCN(C(=O)NCCCC[C@H](NC(=O)N[C@@H](CCC(=O)O)C(=O)O)C(=O)O)CC2)cc1. The lowest BCUT2D eigenvalue weighted by atomic mass is 9.89. The molecule has 0 aliphatic carbocycles. The average Bonchev–Trinajstić information content (AvgIpc) is 0.802. The minimum atomic E-state index is -1.57. The minimum Gasteiger partial charge on any atom is -0.481 e. The molecule has 58 nitrogen and oxygen atoms in total. The van der Waals surface area contributed by atoms with E-state index in [-0.39, 0.29) is 208 Å². The molecule has 0 spiro atoms. The van der Waals surface area contributed by atoms with Gasteiger partial charge in [0.25, 0.3) is 17.7 Å². The van der Waals surface area contributed by atoms with Crippen molar-refractivity contribution in [1.29, 1.82) is 0 Å². The number of carbonyl (C=O) groups is 23. The highest BCUT2D eigenvalue weighted by atomic mass is 16.4. The van der Waals surface area contributed by atoms with E-state index in [9.17, 15) is 151 Å². The largest absolute Gasteiger partial charge is 0.481 e. The number of rotatable bonds is 54. The van der Waals surface area contributed by atoms with Crippen LogP contribution in [0.4, 0.5) is 40.1 Å². The van der Waals surface area contributed by atoms with Gasteiger partial charge < -0.3 is 149 Å². The van der Waals surface area contributed by atoms with Gasteiger partial charge in [-0.25, -0.2) is 67.1 Å². The van der Waals surface area contributed by atoms with E-state index in [1.807, 2.05) is 0 Å². The zero-order valence-electron chi connectivity index (χ0n) is 76.9. The van der Waals surface area contributed by atoms with Crippen LogP contribution >= 0.6 is 0 Å². The molecule has 23 N–H and O–H groups in total. The Morgan fingerprint density at radius 3 is 0.859 bits per heavy atom. The molecular weight excluding hydrogens is 1890 g/mol. The number of amides is 17. The number of urea groups is 6. The second-order valence-corrected chi connectivity index (χ2v) is 33.4. The van der Waals surface area contributed by atoms with E-state index in [0.29, 0.717) is 38.5 Å². The van der Waals surface area contributed by atoms with Crippen molar-refractivity contribution in [2.24, 2.45) is 22.1 Å². The summed E-state index contributed by atoms with van der Waals surface area (Å²) in [4.78, 5) is 294. The van der Waals surface area contributed by atoms with Crippen LogP contribution in [0, 0.1) is 11.8 Å². The van der Waals surface area contributed by atoms with Gasteiger partial charge in [0.1, 0.15) is 48.3 Å². The lowest BCUT2D eigenvalue weighted by molar-refractivity contribution is -0.142. The van der Waals surface area contributed by atoms with Gasteiger partial charge in [0.15, 0.2) is 0 Å². The van der Waals surface area contributed by atoms with Crippen LogP contribution in [0.15, 0.2) is 52.7 Å². The maximum atomic E-state index is 13.7. The number of nitrogens with zero attached hydrogens (tertiary/aromatic N) is 12. The highest BCUT2D eigenvalue weighted by Crippen LogP contribution is 2.30. The summed E-state index contributed by atoms with van der Waals surface area (Å²) >= 11 is 0. The van der Waals surface area contributed by atoms with Gasteiger partial charge in [0.2, 0.25) is 11.8 Å². The summed E-state index contributed by atoms with van der Waals surface area (Å²) in [5.41, 5.74) is 18.4. The third-order valence-corrected chi connectivity index (χ3v) is 23.2. The number of carboxylic acids is 12. The van der Waals surface area contributed by atoms with Crippen LogP contribution in [0.2, 0.25) is 0 Å². The summed E-state index contributed by atoms with van der Waals surface area (Å²) in [6, 6.07) is -8.07. The van der Waals surface area contributed by atoms with Gasteiger partial charge in [-0.2, -0.15) is 0 Å². The maximum Gasteiger partial charge on any atom is 0.326 e. The number of carbonyl (C=O) groups excluding carboxylic acids is 11. The van der Waals surface area contributed by atoms with E-state index in [4.69, 9.17) is 31.5 Å². The predicted octanol–water partition coefficient (Wildman–Crippen LogP) is 1.73. The monoisotopic (exact) mass is 2010 g/mol. The number of aliphatic carboxylic acids is 12. The van der Waals surface area contributed by atoms with Crippen molar-refractivity contribution >= 4 is 149 Å². The zero-order valence-corrected chi connectivity index (χ0v) is 76.9. The van der Waals surface area contributed by atoms with E-state index in [1.165, 1.54) is 62.1 Å². The predicted molar refractivity (Wildman–Crippen MR) is 483 cm³/mol. The number of carboxylic acid groups (broad SMARTS) is 12. The van der Waals surface area contributed by atoms with Crippen LogP contribution in [0.3, 0.4) is 0 Å². The molecule has 6 rings (SSSR count). The Bertz CT molecular complexity index is 4700. The number of piperazine rings is 2. The maximum absolute atomic E-state index is 13.7. The van der Waals surface area contributed by atoms with E-state index < -0.39 is 231 Å². The van der Waals surface area contributed by atoms with Gasteiger partial charge in [0.05, 0.1) is 0 Å². The second kappa shape index (κ2) is 59.7. The first-order valence-electron chi connectivity index (χ1n) is 45.1. The minimum absolute atomic E-state index is 0.0194. The Morgan fingerprint density at radius 1 is 0.303 bits per heavy atom. The number of azide groups is 2. The molecule has 4 aliphatic rings. The Hall–Kier alpha value is -16.3. The van der Waals surface area contributed by atoms with E-state index >= 15 is 0 Å². The molecule has 17 amide bonds. The number of hydrogen-bond donors (Lipinski definition) is 23. The molecule has 4 heterocycles. The van der Waals surface area contributed by atoms with Crippen molar-refractivity contribution in [3.8, 4) is 0 Å². The van der Waals surface area contributed by atoms with Crippen molar-refractivity contribution in [3.63, 3.8) is 0 Å². The number of likely N-dealkylation sites (tertiary alicyclic amines) is 2. The lowest BCUT2D eigenvalue weighted by Crippen LogP contribution is -2.53. The zero-order chi connectivity index (χ0) is 105. The molecule has 8 atom stereocenters. The number of unbranched alkanes of at least 4 members (excludes halogenated alkanes) is 2. The standard InChI is InChI=1S/C48H70N14O19.C36H47N9O16/c49-58-57-31-9-7-29(8-10-31)40(69)52-30(11-15-36(63)59-21-25-61(26-22-59)47(80)50-19-3-1-5-32(41(70)71)53-45(78)55-34(43(74)75)13-17-38(65)66)12-16-37(64)60-23-27-62(28-24-60)48(81)51-20-4-2-6-33(42(72)73)54-46(79)56-35(44(76)77)14-18-39(67)68;37-43-42-22-16-20(29(50)44-9-5-18(6-10-44)13-25(33(56)57)40-35(60)38-23(31(52)53)1-3-27(46)47)15-21(17-22)30(51)45-11-7-19(8-12-45)14-26(34(58)59)41-36(61)39-24(32(54)55)2-4-28(48)49/h7-10,30,32-35H,1-6,11-28H2,(H,50,80)(H,51,81)(H,52,69)(H,65,66)(H,67,68)(H,70,71)(H,72,73)(H,74,75)(H,76,77)(H2,53,55,78)(H2,54,56,79);15-19,23-26H,1-14H2,(H,46,47)(H,48,49)(H,52,53)(H,54,55)(H,56,57)(H,58,59)(H2,38,40,60)(H2,39,41,61)/t32-,33-,34-,35-;23?,24?,25-,26+/m0./s1. The molecule has 0 bridgehead atoms. The van der Waals surface area contributed by atoms with Crippen molar-refractivity contribution in [3.05, 3.63) is 80.0 Å². The highest BCUT2D eigenvalue weighted by molar-refractivity contribution is 6.01. The molecule has 142 heavy (non-hydrogen) atoms. The fraction of sp³-hybridized carbons (Fsp3) is 0.583. The second-order valence-electron chi connectivity index (χ2n) is 33.4. The Balaban J connectivity index is 0.000000520. The summed E-state index contributed by atoms with van der Waals surface area (Å²) in [5, 5.41) is 143. The van der Waals surface area contributed by atoms with Crippen molar-refractivity contribution in [2.45, 2.75) is 208 Å². The molecule has 778 valence electrons. The Labute approximate surface area is 807 Å². The molecule has 2 aromatic rings. The summed E-state index contributed by atoms with van der Waals surface area (Å²) in [7, 11) is 0. The smallest absolute Gasteiger partial charge is 0.326 e. The number of piperidine rings is 2. The normalized spacial score (nSPS) is 15.3. The van der Waals surface area contributed by atoms with Crippen LogP contribution in [0.5, 0.6) is 0 Å². The third-order valence-electron chi connectivity index (χ3n) is 23.2. The van der Waals surface area contributed by atoms with Gasteiger partial charge in [-0.3, -0.25) is 43.2 Å². The van der Waals surface area contributed by atoms with Gasteiger partial charge >= 0.3 is 108 Å². The summed E-state index contributed by atoms with van der Waals surface area (Å²) in [5.74, 6) is -19.3. The topological polar surface area (TPSA) is 885 Å². The van der Waals surface area contributed by atoms with Crippen LogP contribution in [0.25, 0.3) is 20.9 Å². The Kier molecular flexibility index (Phi) is 48.9. The number of hydrogen-bond acceptors (Lipinski definition) is 25. The summed E-state index contributed by atoms with van der Waals surface area (Å²) in [6.07, 6.45) is -1.52. The van der Waals surface area contributed by atoms with Gasteiger partial charge in [0, 0.05) is 174 Å². The number of nitrogens with one attached hydrogen (secondary N) is 11. The number of benzene rings is 2. The van der Waals surface area contributed by atoms with Crippen LogP contribution in [0.1, 0.15) is 185 Å². The first-order chi connectivity index (χ1) is 67.2. The molecule has 0 saturated carbocycles. The first-order valence-corrected chi connectivity index (χ1v) is 45.1. The van der Waals surface area contributed by atoms with Crippen LogP contribution in [-0.2, 0) is 67.1 Å². The molecule has 4 aliphatic heterocycles. The van der Waals surface area contributed by atoms with Crippen molar-refractivity contribution in [1.82, 2.24) is 87.9 Å². The summed E-state index contributed by atoms with van der Waals surface area (Å²) in [6.45, 7) is 2.44. The third kappa shape index (κ3) is 42.3. The molecule has 4 fully saturated rings. The van der Waals surface area contributed by atoms with Gasteiger partial charge in [-0.05, 0) is 169 Å². The highest BCUT2D eigenvalue weighted by Gasteiger charge is 2.37. The molecular formula is C84H117N23O35. The van der Waals surface area contributed by atoms with E-state index in [2.05, 4.69) is 78.5 Å². The van der Waals surface area contributed by atoms with Crippen molar-refractivity contribution in [2.75, 3.05) is 91.6 Å². The molecule has 0 radical (unpaired) electrons. The molecule has 58 heteroatoms. The fourth-order valence-corrected chi connectivity index (χ4v) is 15.3. The molecule has 4 saturated heterocycles. The molecule has 2 aromatic carbocycles. The Morgan fingerprint density at radius 2 is 0.577 bits per heavy atom. The quantitative estimate of drug-likeness (QED) is 0.0194. The lowest BCUT2D eigenvalue weighted by Gasteiger charge is -2.35. The van der Waals surface area contributed by atoms with Crippen LogP contribution < -0.4 is 58.5 Å². The summed E-state index contributed by atoms with van der Waals surface area (Å²) < 4.78 is 0. The molecule has 0 aromatic heterocycles. The van der Waals surface area contributed by atoms with E-state index in [1.54, 1.807) is 9.80 Å². The average molecular weight is 2010 g/mol. The van der Waals surface area contributed by atoms with Crippen molar-refractivity contribution < 1.29 is 172 Å². The fourth-order valence-electron chi connectivity index (χ4n) is 15.3. The van der Waals surface area contributed by atoms with Gasteiger partial charge in [-0.1, -0.05) is 22.4 Å². The first kappa shape index (κ1) is 116. The van der Waals surface area contributed by atoms with Gasteiger partial charge in [-0.15, -0.1) is 0 Å². The van der Waals surface area contributed by atoms with E-state index in [0.717, 1.165) is 0 Å². The molecule has 2 unspecified atom stereocenters.